The fourth-order valence-corrected chi connectivity index (χ4v) is 1.90. The highest BCUT2D eigenvalue weighted by Gasteiger charge is 2.21. The Balaban J connectivity index is 1.87. The Morgan fingerprint density at radius 2 is 2.47 bits per heavy atom. The molecule has 2 rings (SSSR count). The van der Waals surface area contributed by atoms with Gasteiger partial charge in [0.1, 0.15) is 20.2 Å². The van der Waals surface area contributed by atoms with E-state index in [2.05, 4.69) is 16.9 Å². The predicted octanol–water partition coefficient (Wildman–Crippen LogP) is 0.348. The number of nitrogens with zero attached hydrogens (tertiary/aromatic N) is 2. The van der Waals surface area contributed by atoms with Gasteiger partial charge >= 0.3 is 0 Å². The first-order valence-corrected chi connectivity index (χ1v) is 5.29. The molecule has 1 saturated heterocycles. The van der Waals surface area contributed by atoms with Gasteiger partial charge in [-0.2, -0.15) is 0 Å². The number of likely N-dealkylation sites (N-methyl/N-ethyl adjacent to an activating group) is 1. The Hall–Kier alpha value is -1.03. The Morgan fingerprint density at radius 3 is 3.13 bits per heavy atom. The molecule has 0 amide bonds. The number of hydrogen-bond acceptors (Lipinski definition) is 3. The zero-order chi connectivity index (χ0) is 10.7. The van der Waals surface area contributed by atoms with Crippen molar-refractivity contribution < 1.29 is 4.74 Å². The van der Waals surface area contributed by atoms with Crippen molar-refractivity contribution in [1.82, 2.24) is 9.88 Å². The van der Waals surface area contributed by atoms with Crippen molar-refractivity contribution in [2.24, 2.45) is 0 Å². The van der Waals surface area contributed by atoms with Gasteiger partial charge < -0.3 is 9.64 Å². The molecule has 4 heteroatoms. The molecule has 1 aliphatic heterocycles. The highest BCUT2D eigenvalue weighted by Crippen LogP contribution is 2.16. The van der Waals surface area contributed by atoms with Crippen LogP contribution in [-0.4, -0.2) is 44.0 Å². The van der Waals surface area contributed by atoms with E-state index >= 15 is 0 Å². The lowest BCUT2D eigenvalue weighted by molar-refractivity contribution is 0.198. The number of likely N-dealkylation sites (tertiary alicyclic amines) is 1. The summed E-state index contributed by atoms with van der Waals surface area (Å²) in [7, 11) is 7.75. The van der Waals surface area contributed by atoms with Crippen LogP contribution >= 0.6 is 0 Å². The maximum Gasteiger partial charge on any atom is 0.137 e. The van der Waals surface area contributed by atoms with Crippen molar-refractivity contribution in [3.8, 4) is 5.75 Å². The summed E-state index contributed by atoms with van der Waals surface area (Å²) < 4.78 is 5.66. The first-order chi connectivity index (χ1) is 7.25. The fourth-order valence-electron chi connectivity index (χ4n) is 1.90. The first kappa shape index (κ1) is 10.5. The molecular formula is C11H15BN2O. The molecule has 1 aromatic heterocycles. The van der Waals surface area contributed by atoms with E-state index in [0.717, 1.165) is 12.4 Å². The van der Waals surface area contributed by atoms with Crippen LogP contribution in [0.4, 0.5) is 0 Å². The monoisotopic (exact) mass is 202 g/mol. The minimum absolute atomic E-state index is 0.534. The van der Waals surface area contributed by atoms with Gasteiger partial charge in [-0.1, -0.05) is 5.46 Å². The smallest absolute Gasteiger partial charge is 0.137 e. The van der Waals surface area contributed by atoms with Crippen LogP contribution in [0.3, 0.4) is 0 Å². The topological polar surface area (TPSA) is 25.4 Å². The molecule has 0 bridgehead atoms. The second kappa shape index (κ2) is 4.66. The minimum atomic E-state index is 0.534. The SMILES string of the molecule is [B]c1cncc(OC[C@@H]2CCCN2C)c1. The van der Waals surface area contributed by atoms with Gasteiger partial charge in [0, 0.05) is 12.2 Å². The zero-order valence-electron chi connectivity index (χ0n) is 9.02. The quantitative estimate of drug-likeness (QED) is 0.661. The standard InChI is InChI=1S/C11H15BN2O/c1-14-4-2-3-10(14)8-15-11-5-9(12)6-13-7-11/h5-7,10H,2-4,8H2,1H3/t10-/m0/s1. The molecule has 0 spiro atoms. The second-order valence-electron chi connectivity index (χ2n) is 4.04. The molecule has 2 radical (unpaired) electrons. The van der Waals surface area contributed by atoms with Gasteiger partial charge in [0.25, 0.3) is 0 Å². The molecule has 0 saturated carbocycles. The largest absolute Gasteiger partial charge is 0.490 e. The molecule has 78 valence electrons. The van der Waals surface area contributed by atoms with Crippen LogP contribution in [-0.2, 0) is 0 Å². The molecule has 1 aromatic rings. The van der Waals surface area contributed by atoms with E-state index in [-0.39, 0.29) is 0 Å². The minimum Gasteiger partial charge on any atom is -0.490 e. The molecule has 0 N–H and O–H groups in total. The van der Waals surface area contributed by atoms with Crippen molar-refractivity contribution in [1.29, 1.82) is 0 Å². The average molecular weight is 202 g/mol. The maximum atomic E-state index is 5.66. The van der Waals surface area contributed by atoms with Crippen molar-refractivity contribution in [2.45, 2.75) is 18.9 Å². The maximum absolute atomic E-state index is 5.66. The van der Waals surface area contributed by atoms with Gasteiger partial charge in [-0.15, -0.1) is 0 Å². The Kier molecular flexibility index (Phi) is 3.26. The highest BCUT2D eigenvalue weighted by molar-refractivity contribution is 6.32. The number of pyridine rings is 1. The van der Waals surface area contributed by atoms with E-state index in [1.165, 1.54) is 19.4 Å². The van der Waals surface area contributed by atoms with E-state index in [4.69, 9.17) is 12.6 Å². The molecule has 1 fully saturated rings. The lowest BCUT2D eigenvalue weighted by atomic mass is 9.99. The van der Waals surface area contributed by atoms with E-state index in [0.29, 0.717) is 11.5 Å². The van der Waals surface area contributed by atoms with Gasteiger partial charge in [-0.25, -0.2) is 0 Å². The van der Waals surface area contributed by atoms with Crippen molar-refractivity contribution in [2.75, 3.05) is 20.2 Å². The summed E-state index contributed by atoms with van der Waals surface area (Å²) in [6.07, 6.45) is 5.80. The van der Waals surface area contributed by atoms with Crippen molar-refractivity contribution >= 4 is 13.3 Å². The van der Waals surface area contributed by atoms with Gasteiger partial charge in [-0.3, -0.25) is 4.98 Å². The first-order valence-electron chi connectivity index (χ1n) is 5.29. The summed E-state index contributed by atoms with van der Waals surface area (Å²) in [6, 6.07) is 2.34. The van der Waals surface area contributed by atoms with E-state index in [9.17, 15) is 0 Å². The van der Waals surface area contributed by atoms with Gasteiger partial charge in [0.15, 0.2) is 0 Å². The normalized spacial score (nSPS) is 21.8. The van der Waals surface area contributed by atoms with E-state index < -0.39 is 0 Å². The molecule has 2 heterocycles. The molecule has 1 aliphatic rings. The van der Waals surface area contributed by atoms with E-state index in [1.807, 2.05) is 6.07 Å². The summed E-state index contributed by atoms with van der Waals surface area (Å²) in [4.78, 5) is 6.32. The lowest BCUT2D eigenvalue weighted by Gasteiger charge is -2.19. The number of rotatable bonds is 3. The van der Waals surface area contributed by atoms with Crippen molar-refractivity contribution in [3.05, 3.63) is 18.5 Å². The van der Waals surface area contributed by atoms with Crippen LogP contribution < -0.4 is 10.2 Å². The molecule has 0 aliphatic carbocycles. The third-order valence-corrected chi connectivity index (χ3v) is 2.85. The zero-order valence-corrected chi connectivity index (χ0v) is 9.02. The van der Waals surface area contributed by atoms with E-state index in [1.54, 1.807) is 12.4 Å². The Labute approximate surface area is 91.9 Å². The number of aromatic nitrogens is 1. The van der Waals surface area contributed by atoms with Crippen LogP contribution in [0.15, 0.2) is 18.5 Å². The molecular weight excluding hydrogens is 187 g/mol. The lowest BCUT2D eigenvalue weighted by Crippen LogP contribution is -2.30. The van der Waals surface area contributed by atoms with Gasteiger partial charge in [-0.05, 0) is 32.5 Å². The molecule has 15 heavy (non-hydrogen) atoms. The van der Waals surface area contributed by atoms with Crippen LogP contribution in [0.5, 0.6) is 5.75 Å². The van der Waals surface area contributed by atoms with Crippen LogP contribution in [0.25, 0.3) is 0 Å². The second-order valence-corrected chi connectivity index (χ2v) is 4.04. The Morgan fingerprint density at radius 1 is 1.60 bits per heavy atom. The van der Waals surface area contributed by atoms with Crippen molar-refractivity contribution in [3.63, 3.8) is 0 Å². The number of ether oxygens (including phenoxy) is 1. The third kappa shape index (κ3) is 2.72. The number of hydrogen-bond donors (Lipinski definition) is 0. The van der Waals surface area contributed by atoms with Gasteiger partial charge in [0.05, 0.1) is 6.20 Å². The van der Waals surface area contributed by atoms with Crippen LogP contribution in [0.2, 0.25) is 0 Å². The molecule has 0 unspecified atom stereocenters. The predicted molar refractivity (Wildman–Crippen MR) is 60.8 cm³/mol. The molecule has 1 atom stereocenters. The summed E-state index contributed by atoms with van der Waals surface area (Å²) in [5, 5.41) is 0. The fraction of sp³-hybridized carbons (Fsp3) is 0.545. The average Bonchev–Trinajstić information content (AvgIpc) is 2.61. The summed E-state index contributed by atoms with van der Waals surface area (Å²) >= 11 is 0. The summed E-state index contributed by atoms with van der Waals surface area (Å²) in [6.45, 7) is 1.89. The summed E-state index contributed by atoms with van der Waals surface area (Å²) in [5.74, 6) is 0.760. The van der Waals surface area contributed by atoms with Crippen LogP contribution in [0.1, 0.15) is 12.8 Å². The Bertz CT molecular complexity index is 332. The molecule has 0 aromatic carbocycles. The highest BCUT2D eigenvalue weighted by atomic mass is 16.5. The van der Waals surface area contributed by atoms with Crippen LogP contribution in [0, 0.1) is 0 Å². The molecule has 3 nitrogen and oxygen atoms in total. The van der Waals surface area contributed by atoms with Gasteiger partial charge in [0.2, 0.25) is 0 Å². The summed E-state index contributed by atoms with van der Waals surface area (Å²) in [5.41, 5.74) is 0.646. The third-order valence-electron chi connectivity index (χ3n) is 2.85.